The molecule has 0 atom stereocenters. The van der Waals surface area contributed by atoms with Crippen molar-refractivity contribution >= 4 is 11.6 Å². The van der Waals surface area contributed by atoms with Crippen LogP contribution in [0.15, 0.2) is 18.2 Å². The quantitative estimate of drug-likeness (QED) is 0.607. The summed E-state index contributed by atoms with van der Waals surface area (Å²) < 4.78 is 25.2. The largest absolute Gasteiger partial charge is 0.312 e. The summed E-state index contributed by atoms with van der Waals surface area (Å²) in [7, 11) is 0. The van der Waals surface area contributed by atoms with E-state index in [1.165, 1.54) is 11.0 Å². The number of benzene rings is 1. The average molecular weight is 183 g/mol. The molecule has 0 N–H and O–H groups in total. The van der Waals surface area contributed by atoms with E-state index in [2.05, 4.69) is 0 Å². The topological polar surface area (TPSA) is 20.3 Å². The van der Waals surface area contributed by atoms with Gasteiger partial charge in [-0.1, -0.05) is 0 Å². The Morgan fingerprint density at radius 3 is 2.46 bits per heavy atom. The Hall–Kier alpha value is -1.45. The Labute approximate surface area is 73.8 Å². The van der Waals surface area contributed by atoms with Crippen LogP contribution in [0.1, 0.15) is 6.42 Å². The van der Waals surface area contributed by atoms with Gasteiger partial charge in [0, 0.05) is 24.7 Å². The van der Waals surface area contributed by atoms with Crippen molar-refractivity contribution in [2.45, 2.75) is 6.42 Å². The second-order valence-electron chi connectivity index (χ2n) is 2.89. The first-order valence-corrected chi connectivity index (χ1v) is 3.94. The summed E-state index contributed by atoms with van der Waals surface area (Å²) in [5.74, 6) is -1.86. The zero-order valence-electron chi connectivity index (χ0n) is 6.76. The zero-order chi connectivity index (χ0) is 9.42. The highest BCUT2D eigenvalue weighted by atomic mass is 19.2. The second kappa shape index (κ2) is 2.80. The Kier molecular flexibility index (Phi) is 1.76. The molecule has 2 nitrogen and oxygen atoms in total. The van der Waals surface area contributed by atoms with Crippen molar-refractivity contribution in [2.75, 3.05) is 11.4 Å². The van der Waals surface area contributed by atoms with Gasteiger partial charge in [-0.2, -0.15) is 0 Å². The molecule has 13 heavy (non-hydrogen) atoms. The number of amides is 1. The van der Waals surface area contributed by atoms with E-state index in [1.807, 2.05) is 0 Å². The van der Waals surface area contributed by atoms with Crippen LogP contribution in [0.2, 0.25) is 0 Å². The number of nitrogens with zero attached hydrogens (tertiary/aromatic N) is 1. The third-order valence-corrected chi connectivity index (χ3v) is 2.07. The van der Waals surface area contributed by atoms with Crippen LogP contribution >= 0.6 is 0 Å². The highest BCUT2D eigenvalue weighted by Crippen LogP contribution is 2.23. The molecule has 0 unspecified atom stereocenters. The molecule has 0 bridgehead atoms. The molecular weight excluding hydrogens is 176 g/mol. The van der Waals surface area contributed by atoms with E-state index in [1.54, 1.807) is 0 Å². The molecule has 1 aliphatic rings. The Morgan fingerprint density at radius 1 is 1.23 bits per heavy atom. The fourth-order valence-electron chi connectivity index (χ4n) is 1.24. The van der Waals surface area contributed by atoms with Gasteiger partial charge in [-0.3, -0.25) is 4.79 Å². The summed E-state index contributed by atoms with van der Waals surface area (Å²) in [5, 5.41) is 0. The van der Waals surface area contributed by atoms with Gasteiger partial charge >= 0.3 is 0 Å². The third-order valence-electron chi connectivity index (χ3n) is 2.07. The molecule has 1 saturated heterocycles. The molecule has 0 radical (unpaired) electrons. The SMILES string of the molecule is O=C1CCN1c1ccc(F)c(F)c1. The van der Waals surface area contributed by atoms with Gasteiger partial charge in [0.1, 0.15) is 0 Å². The smallest absolute Gasteiger partial charge is 0.228 e. The summed E-state index contributed by atoms with van der Waals surface area (Å²) in [6, 6.07) is 3.46. The van der Waals surface area contributed by atoms with Crippen molar-refractivity contribution in [2.24, 2.45) is 0 Å². The lowest BCUT2D eigenvalue weighted by Gasteiger charge is -2.30. The third kappa shape index (κ3) is 1.28. The maximum absolute atomic E-state index is 12.7. The van der Waals surface area contributed by atoms with Crippen LogP contribution in [0.3, 0.4) is 0 Å². The number of carbonyl (C=O) groups is 1. The fourth-order valence-corrected chi connectivity index (χ4v) is 1.24. The molecule has 2 rings (SSSR count). The minimum atomic E-state index is -0.919. The Bertz CT molecular complexity index is 365. The summed E-state index contributed by atoms with van der Waals surface area (Å²) in [5.41, 5.74) is 0.426. The van der Waals surface area contributed by atoms with Crippen LogP contribution in [0, 0.1) is 11.6 Å². The van der Waals surface area contributed by atoms with Gasteiger partial charge in [-0.05, 0) is 12.1 Å². The first kappa shape index (κ1) is 8.16. The molecule has 1 amide bonds. The highest BCUT2D eigenvalue weighted by molar-refractivity contribution is 5.99. The van der Waals surface area contributed by atoms with E-state index in [-0.39, 0.29) is 5.91 Å². The normalized spacial score (nSPS) is 15.8. The van der Waals surface area contributed by atoms with E-state index in [9.17, 15) is 13.6 Å². The van der Waals surface area contributed by atoms with E-state index in [0.29, 0.717) is 18.7 Å². The molecule has 1 fully saturated rings. The monoisotopic (exact) mass is 183 g/mol. The number of anilines is 1. The van der Waals surface area contributed by atoms with Gasteiger partial charge in [0.25, 0.3) is 0 Å². The van der Waals surface area contributed by atoms with Gasteiger partial charge in [0.2, 0.25) is 5.91 Å². The van der Waals surface area contributed by atoms with Crippen LogP contribution < -0.4 is 4.90 Å². The molecule has 0 aliphatic carbocycles. The minimum Gasteiger partial charge on any atom is -0.312 e. The van der Waals surface area contributed by atoms with Crippen molar-refractivity contribution in [1.29, 1.82) is 0 Å². The summed E-state index contributed by atoms with van der Waals surface area (Å²) in [6.07, 6.45) is 0.485. The van der Waals surface area contributed by atoms with Gasteiger partial charge in [-0.25, -0.2) is 8.78 Å². The number of halogens is 2. The predicted octanol–water partition coefficient (Wildman–Crippen LogP) is 1.70. The summed E-state index contributed by atoms with van der Waals surface area (Å²) in [4.78, 5) is 12.4. The molecule has 0 spiro atoms. The van der Waals surface area contributed by atoms with E-state index >= 15 is 0 Å². The fraction of sp³-hybridized carbons (Fsp3) is 0.222. The number of rotatable bonds is 1. The first-order chi connectivity index (χ1) is 6.18. The maximum Gasteiger partial charge on any atom is 0.228 e. The van der Waals surface area contributed by atoms with Crippen molar-refractivity contribution in [3.05, 3.63) is 29.8 Å². The van der Waals surface area contributed by atoms with Crippen molar-refractivity contribution in [1.82, 2.24) is 0 Å². The lowest BCUT2D eigenvalue weighted by atomic mass is 10.1. The number of hydrogen-bond donors (Lipinski definition) is 0. The maximum atomic E-state index is 12.7. The molecule has 0 aromatic heterocycles. The second-order valence-corrected chi connectivity index (χ2v) is 2.89. The molecule has 1 aromatic rings. The molecule has 1 heterocycles. The molecule has 68 valence electrons. The van der Waals surface area contributed by atoms with Crippen molar-refractivity contribution < 1.29 is 13.6 Å². The predicted molar refractivity (Wildman–Crippen MR) is 43.3 cm³/mol. The summed E-state index contributed by atoms with van der Waals surface area (Å²) >= 11 is 0. The van der Waals surface area contributed by atoms with Crippen LogP contribution in [-0.4, -0.2) is 12.5 Å². The van der Waals surface area contributed by atoms with E-state index in [0.717, 1.165) is 12.1 Å². The Morgan fingerprint density at radius 2 is 2.00 bits per heavy atom. The van der Waals surface area contributed by atoms with Crippen molar-refractivity contribution in [3.8, 4) is 0 Å². The van der Waals surface area contributed by atoms with E-state index in [4.69, 9.17) is 0 Å². The van der Waals surface area contributed by atoms with Gasteiger partial charge < -0.3 is 4.90 Å². The molecule has 1 aromatic carbocycles. The van der Waals surface area contributed by atoms with Gasteiger partial charge in [-0.15, -0.1) is 0 Å². The Balaban J connectivity index is 2.31. The van der Waals surface area contributed by atoms with Crippen molar-refractivity contribution in [3.63, 3.8) is 0 Å². The van der Waals surface area contributed by atoms with Gasteiger partial charge in [0.15, 0.2) is 11.6 Å². The molecule has 0 saturated carbocycles. The van der Waals surface area contributed by atoms with Crippen LogP contribution in [-0.2, 0) is 4.79 Å². The first-order valence-electron chi connectivity index (χ1n) is 3.94. The number of carbonyl (C=O) groups excluding carboxylic acids is 1. The molecule has 4 heteroatoms. The minimum absolute atomic E-state index is 0.0500. The lowest BCUT2D eigenvalue weighted by Crippen LogP contribution is -2.43. The summed E-state index contributed by atoms with van der Waals surface area (Å²) in [6.45, 7) is 0.587. The average Bonchev–Trinajstić information content (AvgIpc) is 2.09. The lowest BCUT2D eigenvalue weighted by molar-refractivity contribution is -0.122. The number of hydrogen-bond acceptors (Lipinski definition) is 1. The number of β-lactam (4-membered cyclic amide) rings is 1. The van der Waals surface area contributed by atoms with Crippen LogP contribution in [0.5, 0.6) is 0 Å². The van der Waals surface area contributed by atoms with Gasteiger partial charge in [0.05, 0.1) is 0 Å². The zero-order valence-corrected chi connectivity index (χ0v) is 6.76. The van der Waals surface area contributed by atoms with Crippen LogP contribution in [0.25, 0.3) is 0 Å². The molecule has 1 aliphatic heterocycles. The van der Waals surface area contributed by atoms with Crippen LogP contribution in [0.4, 0.5) is 14.5 Å². The highest BCUT2D eigenvalue weighted by Gasteiger charge is 2.25. The standard InChI is InChI=1S/C9H7F2NO/c10-7-2-1-6(5-8(7)11)12-4-3-9(12)13/h1-2,5H,3-4H2. The van der Waals surface area contributed by atoms with E-state index < -0.39 is 11.6 Å². The molecular formula is C9H7F2NO.